The van der Waals surface area contributed by atoms with Crippen molar-refractivity contribution in [2.24, 2.45) is 11.3 Å². The first kappa shape index (κ1) is 17.9. The fourth-order valence-corrected chi connectivity index (χ4v) is 4.30. The van der Waals surface area contributed by atoms with Crippen molar-refractivity contribution in [3.05, 3.63) is 36.0 Å². The molecule has 0 spiro atoms. The maximum absolute atomic E-state index is 14.2. The predicted octanol–water partition coefficient (Wildman–Crippen LogP) is 3.63. The highest BCUT2D eigenvalue weighted by atomic mass is 19.3. The Bertz CT molecular complexity index is 854. The Labute approximate surface area is 155 Å². The highest BCUT2D eigenvalue weighted by Gasteiger charge is 2.80. The van der Waals surface area contributed by atoms with Crippen LogP contribution in [0.3, 0.4) is 0 Å². The van der Waals surface area contributed by atoms with Gasteiger partial charge in [-0.25, -0.2) is 8.78 Å². The van der Waals surface area contributed by atoms with Gasteiger partial charge in [0.05, 0.1) is 24.6 Å². The molecule has 2 aromatic rings. The second-order valence-electron chi connectivity index (χ2n) is 7.28. The Morgan fingerprint density at radius 2 is 2.19 bits per heavy atom. The normalized spacial score (nSPS) is 25.5. The van der Waals surface area contributed by atoms with Crippen LogP contribution >= 0.6 is 0 Å². The summed E-state index contributed by atoms with van der Waals surface area (Å²) in [6.07, 6.45) is 2.65. The number of amides is 1. The van der Waals surface area contributed by atoms with Crippen molar-refractivity contribution in [3.63, 3.8) is 0 Å². The third kappa shape index (κ3) is 3.07. The molecule has 0 radical (unpaired) electrons. The molecule has 1 aromatic heterocycles. The van der Waals surface area contributed by atoms with Gasteiger partial charge in [-0.15, -0.1) is 0 Å². The van der Waals surface area contributed by atoms with E-state index in [0.29, 0.717) is 24.3 Å². The zero-order valence-corrected chi connectivity index (χ0v) is 15.0. The lowest BCUT2D eigenvalue weighted by atomic mass is 9.86. The summed E-state index contributed by atoms with van der Waals surface area (Å²) in [5.41, 5.74) is -0.496. The summed E-state index contributed by atoms with van der Waals surface area (Å²) in [7, 11) is 1.52. The lowest BCUT2D eigenvalue weighted by Crippen LogP contribution is -2.17. The molecule has 2 fully saturated rings. The molecule has 1 heterocycles. The third-order valence-corrected chi connectivity index (χ3v) is 5.73. The van der Waals surface area contributed by atoms with Gasteiger partial charge in [0, 0.05) is 12.3 Å². The minimum atomic E-state index is -2.65. The number of nitrogens with zero attached hydrogens (tertiary/aromatic N) is 2. The lowest BCUT2D eigenvalue weighted by Gasteiger charge is -2.17. The second kappa shape index (κ2) is 6.58. The molecule has 2 aliphatic rings. The Balaban J connectivity index is 1.39. The summed E-state index contributed by atoms with van der Waals surface area (Å²) in [5.74, 6) is -2.66. The zero-order chi connectivity index (χ0) is 19.1. The first-order valence-electron chi connectivity index (χ1n) is 9.08. The molecule has 2 saturated carbocycles. The first-order chi connectivity index (χ1) is 13.0. The van der Waals surface area contributed by atoms with E-state index in [4.69, 9.17) is 9.26 Å². The third-order valence-electron chi connectivity index (χ3n) is 5.73. The summed E-state index contributed by atoms with van der Waals surface area (Å²) in [4.78, 5) is 16.4. The number of alkyl halides is 2. The minimum absolute atomic E-state index is 0.0752. The van der Waals surface area contributed by atoms with E-state index < -0.39 is 17.3 Å². The van der Waals surface area contributed by atoms with Crippen molar-refractivity contribution in [1.29, 1.82) is 0 Å². The van der Waals surface area contributed by atoms with Gasteiger partial charge in [-0.05, 0) is 25.0 Å². The molecule has 2 unspecified atom stereocenters. The van der Waals surface area contributed by atoms with Crippen molar-refractivity contribution < 1.29 is 22.8 Å². The molecule has 2 atom stereocenters. The number of benzene rings is 1. The fraction of sp³-hybridized carbons (Fsp3) is 0.526. The maximum Gasteiger partial charge on any atom is 0.258 e. The molecule has 8 heteroatoms. The molecule has 1 N–H and O–H groups in total. The van der Waals surface area contributed by atoms with Gasteiger partial charge < -0.3 is 14.6 Å². The predicted molar refractivity (Wildman–Crippen MR) is 92.7 cm³/mol. The number of ether oxygens (including phenoxy) is 1. The first-order valence-corrected chi connectivity index (χ1v) is 9.08. The average Bonchev–Trinajstić information content (AvgIpc) is 2.92. The molecular weight excluding hydrogens is 356 g/mol. The highest BCUT2D eigenvalue weighted by molar-refractivity contribution is 5.93. The number of rotatable bonds is 6. The van der Waals surface area contributed by atoms with Gasteiger partial charge in [-0.2, -0.15) is 4.98 Å². The van der Waals surface area contributed by atoms with Crippen LogP contribution < -0.4 is 10.1 Å². The number of nitrogens with one attached hydrogen (secondary N) is 1. The van der Waals surface area contributed by atoms with Gasteiger partial charge >= 0.3 is 0 Å². The number of fused-ring (bicyclic) bond motifs is 1. The molecular formula is C19H21F2N3O3. The number of hydrogen-bond donors (Lipinski definition) is 1. The van der Waals surface area contributed by atoms with Gasteiger partial charge in [-0.3, -0.25) is 4.79 Å². The maximum atomic E-state index is 14.2. The SMILES string of the molecule is COc1ccccc1NC(=O)Cc1noc(CC23CCCCC2C3(F)F)n1. The van der Waals surface area contributed by atoms with E-state index >= 15 is 0 Å². The molecule has 0 bridgehead atoms. The van der Waals surface area contributed by atoms with E-state index in [1.54, 1.807) is 24.3 Å². The van der Waals surface area contributed by atoms with E-state index in [9.17, 15) is 13.6 Å². The number of para-hydroxylation sites is 2. The smallest absolute Gasteiger partial charge is 0.258 e. The summed E-state index contributed by atoms with van der Waals surface area (Å²) >= 11 is 0. The van der Waals surface area contributed by atoms with Crippen molar-refractivity contribution in [3.8, 4) is 5.75 Å². The summed E-state index contributed by atoms with van der Waals surface area (Å²) < 4.78 is 38.7. The van der Waals surface area contributed by atoms with Gasteiger partial charge in [0.1, 0.15) is 5.75 Å². The van der Waals surface area contributed by atoms with Crippen molar-refractivity contribution in [1.82, 2.24) is 10.1 Å². The Hall–Kier alpha value is -2.51. The molecule has 144 valence electrons. The van der Waals surface area contributed by atoms with Crippen molar-refractivity contribution >= 4 is 11.6 Å². The van der Waals surface area contributed by atoms with Crippen LogP contribution in [0.1, 0.15) is 37.4 Å². The number of anilines is 1. The molecule has 6 nitrogen and oxygen atoms in total. The number of carbonyl (C=O) groups is 1. The Morgan fingerprint density at radius 3 is 2.96 bits per heavy atom. The van der Waals surface area contributed by atoms with E-state index in [1.165, 1.54) is 7.11 Å². The van der Waals surface area contributed by atoms with Gasteiger partial charge in [0.25, 0.3) is 5.92 Å². The Kier molecular flexibility index (Phi) is 4.36. The summed E-state index contributed by atoms with van der Waals surface area (Å²) in [6, 6.07) is 7.03. The number of hydrogen-bond acceptors (Lipinski definition) is 5. The lowest BCUT2D eigenvalue weighted by molar-refractivity contribution is -0.115. The topological polar surface area (TPSA) is 77.2 Å². The van der Waals surface area contributed by atoms with E-state index in [0.717, 1.165) is 12.8 Å². The summed E-state index contributed by atoms with van der Waals surface area (Å²) in [6.45, 7) is 0. The monoisotopic (exact) mass is 377 g/mol. The molecule has 0 aliphatic heterocycles. The standard InChI is InChI=1S/C19H21F2N3O3/c1-26-13-7-3-2-6-12(13)22-16(25)10-15-23-17(27-24-15)11-18-9-5-4-8-14(18)19(18,20)21/h2-3,6-7,14H,4-5,8-11H2,1H3,(H,22,25). The quantitative estimate of drug-likeness (QED) is 0.832. The van der Waals surface area contributed by atoms with Crippen LogP contribution in [0.2, 0.25) is 0 Å². The fourth-order valence-electron chi connectivity index (χ4n) is 4.30. The van der Waals surface area contributed by atoms with E-state index in [1.807, 2.05) is 0 Å². The van der Waals surface area contributed by atoms with Crippen LogP contribution in [-0.2, 0) is 17.6 Å². The molecule has 0 saturated heterocycles. The minimum Gasteiger partial charge on any atom is -0.495 e. The molecule has 1 amide bonds. The van der Waals surface area contributed by atoms with Crippen LogP contribution in [0, 0.1) is 11.3 Å². The molecule has 4 rings (SSSR count). The van der Waals surface area contributed by atoms with E-state index in [2.05, 4.69) is 15.5 Å². The van der Waals surface area contributed by atoms with Gasteiger partial charge in [0.2, 0.25) is 11.8 Å². The van der Waals surface area contributed by atoms with Crippen LogP contribution in [-0.4, -0.2) is 29.1 Å². The number of carbonyl (C=O) groups excluding carboxylic acids is 1. The molecule has 1 aromatic carbocycles. The Morgan fingerprint density at radius 1 is 1.37 bits per heavy atom. The highest BCUT2D eigenvalue weighted by Crippen LogP contribution is 2.73. The van der Waals surface area contributed by atoms with Crippen molar-refractivity contribution in [2.45, 2.75) is 44.4 Å². The van der Waals surface area contributed by atoms with Crippen LogP contribution in [0.25, 0.3) is 0 Å². The van der Waals surface area contributed by atoms with Crippen LogP contribution in [0.15, 0.2) is 28.8 Å². The molecule has 27 heavy (non-hydrogen) atoms. The zero-order valence-electron chi connectivity index (χ0n) is 15.0. The largest absolute Gasteiger partial charge is 0.495 e. The van der Waals surface area contributed by atoms with Gasteiger partial charge in [0.15, 0.2) is 5.82 Å². The number of aromatic nitrogens is 2. The number of halogens is 2. The van der Waals surface area contributed by atoms with Crippen LogP contribution in [0.4, 0.5) is 14.5 Å². The second-order valence-corrected chi connectivity index (χ2v) is 7.28. The molecule has 2 aliphatic carbocycles. The number of methoxy groups -OCH3 is 1. The average molecular weight is 377 g/mol. The van der Waals surface area contributed by atoms with Crippen LogP contribution in [0.5, 0.6) is 5.75 Å². The van der Waals surface area contributed by atoms with Gasteiger partial charge in [-0.1, -0.05) is 30.1 Å². The van der Waals surface area contributed by atoms with Crippen molar-refractivity contribution in [2.75, 3.05) is 12.4 Å². The van der Waals surface area contributed by atoms with E-state index in [-0.39, 0.29) is 30.5 Å². The summed E-state index contributed by atoms with van der Waals surface area (Å²) in [5, 5.41) is 6.50.